The van der Waals surface area contributed by atoms with Crippen LogP contribution in [0.1, 0.15) is 31.7 Å². The first-order valence-corrected chi connectivity index (χ1v) is 5.76. The molecule has 0 saturated heterocycles. The van der Waals surface area contributed by atoms with Gasteiger partial charge in [0.15, 0.2) is 6.10 Å². The minimum absolute atomic E-state index is 0.0293. The number of aliphatic hydroxyl groups is 1. The molecule has 1 aromatic rings. The number of hydrogen-bond donors (Lipinski definition) is 2. The van der Waals surface area contributed by atoms with Crippen LogP contribution in [0.5, 0.6) is 5.75 Å². The fourth-order valence-electron chi connectivity index (χ4n) is 1.46. The molecule has 1 unspecified atom stereocenters. The maximum atomic E-state index is 11.0. The molecule has 2 N–H and O–H groups in total. The van der Waals surface area contributed by atoms with E-state index in [1.54, 1.807) is 24.3 Å². The van der Waals surface area contributed by atoms with Gasteiger partial charge in [-0.15, -0.1) is 0 Å². The number of aliphatic hydroxyl groups excluding tert-OH is 1. The maximum Gasteiger partial charge on any atom is 0.344 e. The van der Waals surface area contributed by atoms with E-state index in [0.29, 0.717) is 12.2 Å². The molecule has 0 radical (unpaired) electrons. The second-order valence-corrected chi connectivity index (χ2v) is 3.89. The summed E-state index contributed by atoms with van der Waals surface area (Å²) in [6.45, 7) is 1.98. The summed E-state index contributed by atoms with van der Waals surface area (Å²) in [5.41, 5.74) is 0.776. The van der Waals surface area contributed by atoms with Gasteiger partial charge in [-0.05, 0) is 30.5 Å². The molecule has 0 saturated carbocycles. The Bertz CT molecular complexity index is 345. The zero-order valence-electron chi connectivity index (χ0n) is 9.93. The molecule has 0 amide bonds. The van der Waals surface area contributed by atoms with Crippen LogP contribution in [0.15, 0.2) is 24.3 Å². The average molecular weight is 238 g/mol. The summed E-state index contributed by atoms with van der Waals surface area (Å²) >= 11 is 0. The summed E-state index contributed by atoms with van der Waals surface area (Å²) in [6, 6.07) is 6.78. The molecule has 94 valence electrons. The number of carboxylic acids is 1. The van der Waals surface area contributed by atoms with Gasteiger partial charge in [-0.2, -0.15) is 0 Å². The number of benzene rings is 1. The normalized spacial score (nSPS) is 12.1. The molecule has 1 aromatic carbocycles. The third kappa shape index (κ3) is 4.44. The molecular weight excluding hydrogens is 220 g/mol. The van der Waals surface area contributed by atoms with E-state index in [1.165, 1.54) is 0 Å². The molecule has 0 aliphatic heterocycles. The highest BCUT2D eigenvalue weighted by molar-refractivity contribution is 5.72. The predicted octanol–water partition coefficient (Wildman–Crippen LogP) is 2.20. The highest BCUT2D eigenvalue weighted by Gasteiger charge is 2.18. The lowest BCUT2D eigenvalue weighted by Gasteiger charge is -2.14. The molecule has 1 atom stereocenters. The van der Waals surface area contributed by atoms with Crippen LogP contribution in [-0.4, -0.2) is 22.3 Å². The van der Waals surface area contributed by atoms with Crippen molar-refractivity contribution in [1.82, 2.24) is 0 Å². The Labute approximate surface area is 101 Å². The van der Waals surface area contributed by atoms with Crippen molar-refractivity contribution in [3.05, 3.63) is 29.8 Å². The lowest BCUT2D eigenvalue weighted by molar-refractivity contribution is -0.145. The van der Waals surface area contributed by atoms with Crippen LogP contribution in [0, 0.1) is 0 Å². The number of ether oxygens (including phenoxy) is 1. The lowest BCUT2D eigenvalue weighted by atomic mass is 10.1. The maximum absolute atomic E-state index is 11.0. The molecule has 0 bridgehead atoms. The summed E-state index contributed by atoms with van der Waals surface area (Å²) in [4.78, 5) is 11.0. The van der Waals surface area contributed by atoms with E-state index in [0.717, 1.165) is 18.4 Å². The highest BCUT2D eigenvalue weighted by Crippen LogP contribution is 2.16. The molecule has 17 heavy (non-hydrogen) atoms. The van der Waals surface area contributed by atoms with Gasteiger partial charge in [0.05, 0.1) is 6.61 Å². The van der Waals surface area contributed by atoms with Gasteiger partial charge in [0, 0.05) is 0 Å². The molecule has 4 heteroatoms. The molecule has 0 aliphatic carbocycles. The first kappa shape index (κ1) is 13.5. The number of unbranched alkanes of at least 4 members (excludes halogenated alkanes) is 1. The average Bonchev–Trinajstić information content (AvgIpc) is 2.35. The van der Waals surface area contributed by atoms with Crippen LogP contribution in [0.4, 0.5) is 0 Å². The van der Waals surface area contributed by atoms with Crippen LogP contribution in [0.25, 0.3) is 0 Å². The van der Waals surface area contributed by atoms with Gasteiger partial charge in [-0.25, -0.2) is 4.79 Å². The van der Waals surface area contributed by atoms with Crippen molar-refractivity contribution in [3.63, 3.8) is 0 Å². The monoisotopic (exact) mass is 238 g/mol. The van der Waals surface area contributed by atoms with Gasteiger partial charge in [0.2, 0.25) is 0 Å². The van der Waals surface area contributed by atoms with E-state index in [-0.39, 0.29) is 6.61 Å². The number of carbonyl (C=O) groups is 1. The van der Waals surface area contributed by atoms with Crippen molar-refractivity contribution in [1.29, 1.82) is 0 Å². The van der Waals surface area contributed by atoms with Crippen molar-refractivity contribution < 1.29 is 19.7 Å². The number of rotatable bonds is 7. The minimum atomic E-state index is -0.940. The summed E-state index contributed by atoms with van der Waals surface area (Å²) in [6.07, 6.45) is 1.48. The molecule has 1 rings (SSSR count). The Hall–Kier alpha value is -1.55. The van der Waals surface area contributed by atoms with Gasteiger partial charge in [0.1, 0.15) is 5.75 Å². The van der Waals surface area contributed by atoms with Crippen molar-refractivity contribution >= 4 is 5.97 Å². The Morgan fingerprint density at radius 1 is 1.35 bits per heavy atom. The fourth-order valence-corrected chi connectivity index (χ4v) is 1.46. The predicted molar refractivity (Wildman–Crippen MR) is 63.9 cm³/mol. The number of aliphatic carboxylic acids is 1. The van der Waals surface area contributed by atoms with E-state index in [2.05, 4.69) is 0 Å². The fraction of sp³-hybridized carbons (Fsp3) is 0.462. The van der Waals surface area contributed by atoms with Crippen LogP contribution in [0.2, 0.25) is 0 Å². The summed E-state index contributed by atoms with van der Waals surface area (Å²) < 4.78 is 5.40. The van der Waals surface area contributed by atoms with Gasteiger partial charge in [-0.1, -0.05) is 25.5 Å². The summed E-state index contributed by atoms with van der Waals surface area (Å²) in [7, 11) is 0. The van der Waals surface area contributed by atoms with E-state index >= 15 is 0 Å². The Morgan fingerprint density at radius 2 is 2.00 bits per heavy atom. The summed E-state index contributed by atoms with van der Waals surface area (Å²) in [5.74, 6) is -0.421. The first-order valence-electron chi connectivity index (χ1n) is 5.76. The van der Waals surface area contributed by atoms with Crippen molar-refractivity contribution in [2.45, 2.75) is 38.9 Å². The number of hydrogen-bond acceptors (Lipinski definition) is 3. The Balaban J connectivity index is 2.61. The Kier molecular flexibility index (Phi) is 5.49. The smallest absolute Gasteiger partial charge is 0.344 e. The quantitative estimate of drug-likeness (QED) is 0.764. The number of carboxylic acid groups (broad SMARTS) is 1. The minimum Gasteiger partial charge on any atom is -0.479 e. The molecule has 4 nitrogen and oxygen atoms in total. The van der Waals surface area contributed by atoms with E-state index in [4.69, 9.17) is 14.9 Å². The standard InChI is InChI=1S/C13H18O4/c1-2-3-4-12(13(15)16)17-11-7-5-10(9-14)6-8-11/h5-8,12,14H,2-4,9H2,1H3,(H,15,16). The van der Waals surface area contributed by atoms with Crippen LogP contribution < -0.4 is 4.74 Å². The SMILES string of the molecule is CCCCC(Oc1ccc(CO)cc1)C(=O)O. The second kappa shape index (κ2) is 6.91. The molecule has 0 aliphatic rings. The second-order valence-electron chi connectivity index (χ2n) is 3.89. The molecule has 0 fully saturated rings. The summed E-state index contributed by atoms with van der Waals surface area (Å²) in [5, 5.41) is 17.9. The lowest BCUT2D eigenvalue weighted by Crippen LogP contribution is -2.26. The third-order valence-electron chi connectivity index (χ3n) is 2.48. The van der Waals surface area contributed by atoms with Gasteiger partial charge in [-0.3, -0.25) is 0 Å². The molecule has 0 aromatic heterocycles. The van der Waals surface area contributed by atoms with E-state index < -0.39 is 12.1 Å². The van der Waals surface area contributed by atoms with Crippen LogP contribution in [-0.2, 0) is 11.4 Å². The van der Waals surface area contributed by atoms with Gasteiger partial charge in [0.25, 0.3) is 0 Å². The van der Waals surface area contributed by atoms with Crippen LogP contribution in [0.3, 0.4) is 0 Å². The van der Waals surface area contributed by atoms with Crippen molar-refractivity contribution in [3.8, 4) is 5.75 Å². The first-order chi connectivity index (χ1) is 8.17. The largest absolute Gasteiger partial charge is 0.479 e. The van der Waals surface area contributed by atoms with Gasteiger partial charge < -0.3 is 14.9 Å². The zero-order chi connectivity index (χ0) is 12.7. The van der Waals surface area contributed by atoms with E-state index in [1.807, 2.05) is 6.92 Å². The van der Waals surface area contributed by atoms with Crippen molar-refractivity contribution in [2.75, 3.05) is 0 Å². The molecule has 0 heterocycles. The van der Waals surface area contributed by atoms with Crippen molar-refractivity contribution in [2.24, 2.45) is 0 Å². The van der Waals surface area contributed by atoms with Crippen LogP contribution >= 0.6 is 0 Å². The molecule has 0 spiro atoms. The van der Waals surface area contributed by atoms with Gasteiger partial charge >= 0.3 is 5.97 Å². The zero-order valence-corrected chi connectivity index (χ0v) is 9.93. The third-order valence-corrected chi connectivity index (χ3v) is 2.48. The molecular formula is C13H18O4. The highest BCUT2D eigenvalue weighted by atomic mass is 16.5. The Morgan fingerprint density at radius 3 is 2.47 bits per heavy atom. The van der Waals surface area contributed by atoms with E-state index in [9.17, 15) is 4.79 Å². The topological polar surface area (TPSA) is 66.8 Å².